The molecule has 3 heterocycles. The van der Waals surface area contributed by atoms with Crippen LogP contribution >= 0.6 is 0 Å². The van der Waals surface area contributed by atoms with Crippen LogP contribution in [0.4, 0.5) is 0 Å². The standard InChI is InChI=1S/C31H35N3O5/c1-20(2)10-15-38-25-7-4-6-22(18-25)28-27(29(35)23-8-9-26-24(17-23)16-21(3)39-26)30(36)31(37)34(28)13-5-12-33-14-11-32-19-33/h4,6-9,11,14,17-21,28,35H,5,10,12-13,15-16H2,1-3H3/t21-,28+/m1/s1. The second-order valence-electron chi connectivity index (χ2n) is 10.7. The molecule has 0 unspecified atom stereocenters. The van der Waals surface area contributed by atoms with Crippen LogP contribution in [0.2, 0.25) is 0 Å². The zero-order valence-electron chi connectivity index (χ0n) is 22.7. The van der Waals surface area contributed by atoms with Gasteiger partial charge in [0.15, 0.2) is 0 Å². The van der Waals surface area contributed by atoms with Crippen molar-refractivity contribution in [3.63, 3.8) is 0 Å². The Bertz CT molecular complexity index is 1380. The lowest BCUT2D eigenvalue weighted by molar-refractivity contribution is -0.139. The minimum atomic E-state index is -0.732. The lowest BCUT2D eigenvalue weighted by Gasteiger charge is -2.26. The van der Waals surface area contributed by atoms with E-state index in [1.54, 1.807) is 23.5 Å². The molecule has 1 fully saturated rings. The summed E-state index contributed by atoms with van der Waals surface area (Å²) in [6, 6.07) is 12.1. The third-order valence-corrected chi connectivity index (χ3v) is 7.22. The van der Waals surface area contributed by atoms with Gasteiger partial charge in [-0.2, -0.15) is 0 Å². The highest BCUT2D eigenvalue weighted by molar-refractivity contribution is 6.46. The highest BCUT2D eigenvalue weighted by Crippen LogP contribution is 2.41. The lowest BCUT2D eigenvalue weighted by atomic mass is 9.94. The van der Waals surface area contributed by atoms with Gasteiger partial charge in [0.1, 0.15) is 23.4 Å². The van der Waals surface area contributed by atoms with E-state index in [-0.39, 0.29) is 17.4 Å². The largest absolute Gasteiger partial charge is 0.507 e. The number of hydrogen-bond acceptors (Lipinski definition) is 6. The van der Waals surface area contributed by atoms with E-state index >= 15 is 0 Å². The van der Waals surface area contributed by atoms with Crippen LogP contribution < -0.4 is 9.47 Å². The van der Waals surface area contributed by atoms with Crippen molar-refractivity contribution in [1.82, 2.24) is 14.5 Å². The van der Waals surface area contributed by atoms with E-state index in [9.17, 15) is 14.7 Å². The van der Waals surface area contributed by atoms with Gasteiger partial charge in [-0.3, -0.25) is 9.59 Å². The first kappa shape index (κ1) is 26.5. The molecule has 0 saturated carbocycles. The van der Waals surface area contributed by atoms with Gasteiger partial charge in [-0.1, -0.05) is 26.0 Å². The van der Waals surface area contributed by atoms with Gasteiger partial charge >= 0.3 is 0 Å². The summed E-state index contributed by atoms with van der Waals surface area (Å²) in [5.74, 6) is 0.482. The first-order valence-corrected chi connectivity index (χ1v) is 13.6. The molecule has 8 heteroatoms. The van der Waals surface area contributed by atoms with E-state index in [4.69, 9.17) is 9.47 Å². The number of aromatic nitrogens is 2. The normalized spacial score (nSPS) is 19.9. The Hall–Kier alpha value is -4.07. The van der Waals surface area contributed by atoms with E-state index in [0.717, 1.165) is 29.7 Å². The summed E-state index contributed by atoms with van der Waals surface area (Å²) in [4.78, 5) is 32.4. The summed E-state index contributed by atoms with van der Waals surface area (Å²) in [5.41, 5.74) is 2.28. The van der Waals surface area contributed by atoms with Crippen LogP contribution in [0, 0.1) is 5.92 Å². The van der Waals surface area contributed by atoms with Gasteiger partial charge in [-0.15, -0.1) is 0 Å². The number of nitrogens with zero attached hydrogens (tertiary/aromatic N) is 3. The summed E-state index contributed by atoms with van der Waals surface area (Å²) < 4.78 is 13.7. The van der Waals surface area contributed by atoms with Crippen LogP contribution in [0.5, 0.6) is 11.5 Å². The predicted molar refractivity (Wildman–Crippen MR) is 147 cm³/mol. The lowest BCUT2D eigenvalue weighted by Crippen LogP contribution is -2.31. The SMILES string of the molecule is CC(C)CCOc1cccc([C@H]2C(=C(O)c3ccc4c(c3)C[C@@H](C)O4)C(=O)C(=O)N2CCCn2ccnc2)c1. The van der Waals surface area contributed by atoms with Gasteiger partial charge in [0.2, 0.25) is 0 Å². The number of likely N-dealkylation sites (tertiary alicyclic amines) is 1. The summed E-state index contributed by atoms with van der Waals surface area (Å²) in [5, 5.41) is 11.5. The van der Waals surface area contributed by atoms with Gasteiger partial charge in [0.25, 0.3) is 11.7 Å². The Balaban J connectivity index is 1.50. The van der Waals surface area contributed by atoms with Crippen LogP contribution in [-0.4, -0.2) is 50.5 Å². The molecule has 1 amide bonds. The van der Waals surface area contributed by atoms with E-state index in [1.165, 1.54) is 0 Å². The number of fused-ring (bicyclic) bond motifs is 1. The number of benzene rings is 2. The van der Waals surface area contributed by atoms with Crippen molar-refractivity contribution in [2.45, 2.75) is 58.7 Å². The maximum atomic E-state index is 13.4. The van der Waals surface area contributed by atoms with E-state index < -0.39 is 17.7 Å². The molecule has 1 saturated heterocycles. The minimum Gasteiger partial charge on any atom is -0.507 e. The number of ether oxygens (including phenoxy) is 2. The van der Waals surface area contributed by atoms with Crippen molar-refractivity contribution >= 4 is 17.4 Å². The molecule has 8 nitrogen and oxygen atoms in total. The van der Waals surface area contributed by atoms with Crippen LogP contribution in [0.15, 0.2) is 66.8 Å². The summed E-state index contributed by atoms with van der Waals surface area (Å²) in [6.45, 7) is 7.84. The van der Waals surface area contributed by atoms with E-state index in [2.05, 4.69) is 18.8 Å². The average molecular weight is 530 g/mol. The number of Topliss-reactive ketones (excluding diaryl/α,β-unsaturated/α-hetero) is 1. The number of aliphatic hydroxyl groups is 1. The monoisotopic (exact) mass is 529 g/mol. The zero-order chi connectivity index (χ0) is 27.5. The Kier molecular flexibility index (Phi) is 7.72. The zero-order valence-corrected chi connectivity index (χ0v) is 22.7. The minimum absolute atomic E-state index is 0.0527. The molecule has 1 N–H and O–H groups in total. The molecule has 2 aromatic carbocycles. The number of aliphatic hydroxyl groups excluding tert-OH is 1. The third kappa shape index (κ3) is 5.70. The van der Waals surface area contributed by atoms with Crippen molar-refractivity contribution in [3.8, 4) is 11.5 Å². The quantitative estimate of drug-likeness (QED) is 0.222. The number of carbonyl (C=O) groups is 2. The van der Waals surface area contributed by atoms with Crippen LogP contribution in [0.25, 0.3) is 5.76 Å². The molecule has 0 aliphatic carbocycles. The number of carbonyl (C=O) groups excluding carboxylic acids is 2. The summed E-state index contributed by atoms with van der Waals surface area (Å²) >= 11 is 0. The van der Waals surface area contributed by atoms with Crippen LogP contribution in [-0.2, 0) is 22.6 Å². The van der Waals surface area contributed by atoms with Gasteiger partial charge in [0, 0.05) is 37.5 Å². The Labute approximate surface area is 228 Å². The Morgan fingerprint density at radius 3 is 2.79 bits per heavy atom. The van der Waals surface area contributed by atoms with Gasteiger partial charge in [-0.05, 0) is 67.1 Å². The summed E-state index contributed by atoms with van der Waals surface area (Å²) in [6.07, 6.45) is 7.61. The Morgan fingerprint density at radius 2 is 2.03 bits per heavy atom. The molecule has 2 aliphatic rings. The third-order valence-electron chi connectivity index (χ3n) is 7.22. The topological polar surface area (TPSA) is 93.9 Å². The number of imidazole rings is 1. The van der Waals surface area contributed by atoms with Crippen LogP contribution in [0.1, 0.15) is 56.3 Å². The second-order valence-corrected chi connectivity index (χ2v) is 10.7. The first-order chi connectivity index (χ1) is 18.8. The predicted octanol–water partition coefficient (Wildman–Crippen LogP) is 5.14. The first-order valence-electron chi connectivity index (χ1n) is 13.6. The van der Waals surface area contributed by atoms with Crippen molar-refractivity contribution in [3.05, 3.63) is 83.4 Å². The molecule has 2 aliphatic heterocycles. The van der Waals surface area contributed by atoms with Crippen molar-refractivity contribution in [2.75, 3.05) is 13.2 Å². The number of rotatable bonds is 10. The molecule has 39 heavy (non-hydrogen) atoms. The molecule has 1 aromatic heterocycles. The molecule has 3 aromatic rings. The van der Waals surface area contributed by atoms with E-state index in [1.807, 2.05) is 54.1 Å². The maximum Gasteiger partial charge on any atom is 0.295 e. The molecule has 0 radical (unpaired) electrons. The molecule has 5 rings (SSSR count). The molecule has 0 bridgehead atoms. The molecule has 2 atom stereocenters. The fraction of sp³-hybridized carbons (Fsp3) is 0.387. The van der Waals surface area contributed by atoms with Gasteiger partial charge < -0.3 is 24.0 Å². The molecule has 0 spiro atoms. The number of amides is 1. The Morgan fingerprint density at radius 1 is 1.18 bits per heavy atom. The second kappa shape index (κ2) is 11.4. The van der Waals surface area contributed by atoms with Crippen LogP contribution in [0.3, 0.4) is 0 Å². The maximum absolute atomic E-state index is 13.4. The highest BCUT2D eigenvalue weighted by Gasteiger charge is 2.46. The van der Waals surface area contributed by atoms with Crippen molar-refractivity contribution in [1.29, 1.82) is 0 Å². The fourth-order valence-corrected chi connectivity index (χ4v) is 5.21. The number of aryl methyl sites for hydroxylation is 1. The molecule has 204 valence electrons. The smallest absolute Gasteiger partial charge is 0.295 e. The summed E-state index contributed by atoms with van der Waals surface area (Å²) in [7, 11) is 0. The fourth-order valence-electron chi connectivity index (χ4n) is 5.21. The average Bonchev–Trinajstić information content (AvgIpc) is 3.62. The van der Waals surface area contributed by atoms with Crippen molar-refractivity contribution in [2.24, 2.45) is 5.92 Å². The highest BCUT2D eigenvalue weighted by atomic mass is 16.5. The van der Waals surface area contributed by atoms with Gasteiger partial charge in [-0.25, -0.2) is 4.98 Å². The molecular weight excluding hydrogens is 494 g/mol. The van der Waals surface area contributed by atoms with Gasteiger partial charge in [0.05, 0.1) is 24.5 Å². The van der Waals surface area contributed by atoms with Crippen molar-refractivity contribution < 1.29 is 24.2 Å². The van der Waals surface area contributed by atoms with E-state index in [0.29, 0.717) is 43.3 Å². The molecular formula is C31H35N3O5. The number of hydrogen-bond donors (Lipinski definition) is 1. The number of ketones is 1.